The van der Waals surface area contributed by atoms with E-state index in [0.29, 0.717) is 0 Å². The van der Waals surface area contributed by atoms with Crippen LogP contribution in [0.1, 0.15) is 11.7 Å². The first-order valence-electron chi connectivity index (χ1n) is 5.38. The van der Waals surface area contributed by atoms with Gasteiger partial charge >= 0.3 is 5.69 Å². The molecule has 4 atom stereocenters. The molecule has 1 unspecified atom stereocenters. The predicted octanol–water partition coefficient (Wildman–Crippen LogP) is -2.77. The van der Waals surface area contributed by atoms with Crippen LogP contribution in [-0.4, -0.2) is 49.8 Å². The van der Waals surface area contributed by atoms with E-state index in [-0.39, 0.29) is 5.56 Å². The second-order valence-electron chi connectivity index (χ2n) is 4.17. The lowest BCUT2D eigenvalue weighted by Gasteiger charge is -2.14. The van der Waals surface area contributed by atoms with Crippen LogP contribution in [0.2, 0.25) is 0 Å². The van der Waals surface area contributed by atoms with E-state index in [0.717, 1.165) is 10.8 Å². The van der Waals surface area contributed by atoms with Crippen molar-refractivity contribution in [2.75, 3.05) is 6.61 Å². The minimum Gasteiger partial charge on any atom is -0.394 e. The highest BCUT2D eigenvalue weighted by Crippen LogP contribution is 2.31. The first kappa shape index (κ1) is 13.0. The fourth-order valence-electron chi connectivity index (χ4n) is 1.94. The van der Waals surface area contributed by atoms with Crippen LogP contribution in [0, 0.1) is 0 Å². The van der Waals surface area contributed by atoms with E-state index >= 15 is 0 Å². The number of aliphatic hydroxyl groups excluding tert-OH is 3. The normalized spacial score (nSPS) is 31.8. The van der Waals surface area contributed by atoms with Gasteiger partial charge in [-0.05, 0) is 0 Å². The van der Waals surface area contributed by atoms with Crippen LogP contribution in [0.3, 0.4) is 0 Å². The number of hydrogen-bond acceptors (Lipinski definition) is 6. The summed E-state index contributed by atoms with van der Waals surface area (Å²) in [5.74, 6) is 0. The quantitative estimate of drug-likeness (QED) is 0.455. The molecule has 0 radical (unpaired) electrons. The zero-order valence-corrected chi connectivity index (χ0v) is 9.61. The summed E-state index contributed by atoms with van der Waals surface area (Å²) in [6.45, 7) is -0.474. The largest absolute Gasteiger partial charge is 0.394 e. The van der Waals surface area contributed by atoms with Gasteiger partial charge in [0.2, 0.25) is 0 Å². The van der Waals surface area contributed by atoms with Crippen molar-refractivity contribution in [3.63, 3.8) is 0 Å². The van der Waals surface area contributed by atoms with E-state index in [1.54, 1.807) is 0 Å². The summed E-state index contributed by atoms with van der Waals surface area (Å²) < 4.78 is 6.05. The standard InChI is InChI=1S/C10H14N2O6/c1-12-9(16)4(2-11-10(12)17)8-7(15)6(14)5(3-13)18-8/h2,5-8,13-15H,3H2,1H3,(H,11,17)/t5-,6?,7+,8+/m1/s1. The molecule has 0 aliphatic carbocycles. The molecule has 18 heavy (non-hydrogen) atoms. The molecular weight excluding hydrogens is 244 g/mol. The second kappa shape index (κ2) is 4.65. The lowest BCUT2D eigenvalue weighted by atomic mass is 10.0. The molecule has 2 rings (SSSR count). The average Bonchev–Trinajstić information content (AvgIpc) is 2.64. The Kier molecular flexibility index (Phi) is 3.35. The van der Waals surface area contributed by atoms with Crippen molar-refractivity contribution >= 4 is 0 Å². The van der Waals surface area contributed by atoms with Crippen molar-refractivity contribution in [3.8, 4) is 0 Å². The van der Waals surface area contributed by atoms with Gasteiger partial charge in [0.15, 0.2) is 0 Å². The lowest BCUT2D eigenvalue weighted by molar-refractivity contribution is -0.0233. The van der Waals surface area contributed by atoms with Gasteiger partial charge in [-0.2, -0.15) is 0 Å². The van der Waals surface area contributed by atoms with Crippen molar-refractivity contribution in [2.24, 2.45) is 7.05 Å². The Balaban J connectivity index is 2.42. The molecule has 8 heteroatoms. The topological polar surface area (TPSA) is 125 Å². The molecular formula is C10H14N2O6. The van der Waals surface area contributed by atoms with Crippen molar-refractivity contribution in [1.29, 1.82) is 0 Å². The van der Waals surface area contributed by atoms with Gasteiger partial charge in [-0.15, -0.1) is 0 Å². The number of ether oxygens (including phenoxy) is 1. The van der Waals surface area contributed by atoms with Crippen molar-refractivity contribution in [1.82, 2.24) is 9.55 Å². The first-order chi connectivity index (χ1) is 8.47. The minimum atomic E-state index is -1.33. The van der Waals surface area contributed by atoms with Crippen LogP contribution >= 0.6 is 0 Å². The fourth-order valence-corrected chi connectivity index (χ4v) is 1.94. The van der Waals surface area contributed by atoms with Crippen molar-refractivity contribution < 1.29 is 20.1 Å². The maximum absolute atomic E-state index is 11.8. The highest BCUT2D eigenvalue weighted by Gasteiger charge is 2.44. The Morgan fingerprint density at radius 1 is 1.39 bits per heavy atom. The molecule has 0 saturated carbocycles. The Labute approximate surface area is 101 Å². The average molecular weight is 258 g/mol. The number of hydrogen-bond donors (Lipinski definition) is 4. The van der Waals surface area contributed by atoms with Gasteiger partial charge in [0.25, 0.3) is 5.56 Å². The summed E-state index contributed by atoms with van der Waals surface area (Å²) in [5, 5.41) is 28.3. The van der Waals surface area contributed by atoms with Crippen LogP contribution in [-0.2, 0) is 11.8 Å². The molecule has 2 heterocycles. The first-order valence-corrected chi connectivity index (χ1v) is 5.38. The Morgan fingerprint density at radius 2 is 2.06 bits per heavy atom. The molecule has 1 aromatic rings. The number of aromatic amines is 1. The van der Waals surface area contributed by atoms with Crippen LogP contribution in [0.4, 0.5) is 0 Å². The molecule has 0 amide bonds. The van der Waals surface area contributed by atoms with Gasteiger partial charge in [-0.25, -0.2) is 4.79 Å². The monoisotopic (exact) mass is 258 g/mol. The molecule has 1 aliphatic heterocycles. The zero-order valence-electron chi connectivity index (χ0n) is 9.61. The van der Waals surface area contributed by atoms with E-state index in [2.05, 4.69) is 4.98 Å². The Morgan fingerprint density at radius 3 is 2.61 bits per heavy atom. The third-order valence-electron chi connectivity index (χ3n) is 3.06. The lowest BCUT2D eigenvalue weighted by Crippen LogP contribution is -2.37. The third kappa shape index (κ3) is 1.89. The summed E-state index contributed by atoms with van der Waals surface area (Å²) in [4.78, 5) is 25.3. The molecule has 1 aromatic heterocycles. The Bertz CT molecular complexity index is 550. The number of H-pyrrole nitrogens is 1. The number of nitrogens with one attached hydrogen (secondary N) is 1. The van der Waals surface area contributed by atoms with E-state index in [9.17, 15) is 19.8 Å². The van der Waals surface area contributed by atoms with E-state index in [1.165, 1.54) is 7.05 Å². The number of aliphatic hydroxyl groups is 3. The van der Waals surface area contributed by atoms with Gasteiger partial charge in [0.1, 0.15) is 24.4 Å². The molecule has 0 bridgehead atoms. The van der Waals surface area contributed by atoms with Gasteiger partial charge in [-0.3, -0.25) is 9.36 Å². The third-order valence-corrected chi connectivity index (χ3v) is 3.06. The summed E-state index contributed by atoms with van der Waals surface area (Å²) >= 11 is 0. The van der Waals surface area contributed by atoms with Gasteiger partial charge in [-0.1, -0.05) is 0 Å². The molecule has 1 saturated heterocycles. The number of nitrogens with zero attached hydrogens (tertiary/aromatic N) is 1. The fraction of sp³-hybridized carbons (Fsp3) is 0.600. The molecule has 100 valence electrons. The maximum Gasteiger partial charge on any atom is 0.328 e. The van der Waals surface area contributed by atoms with Gasteiger partial charge in [0.05, 0.1) is 12.2 Å². The van der Waals surface area contributed by atoms with Gasteiger partial charge < -0.3 is 25.0 Å². The van der Waals surface area contributed by atoms with E-state index in [1.807, 2.05) is 0 Å². The summed E-state index contributed by atoms with van der Waals surface area (Å²) in [7, 11) is 1.28. The summed E-state index contributed by atoms with van der Waals surface area (Å²) in [6, 6.07) is 0. The van der Waals surface area contributed by atoms with Crippen molar-refractivity contribution in [2.45, 2.75) is 24.4 Å². The van der Waals surface area contributed by atoms with Gasteiger partial charge in [0, 0.05) is 13.2 Å². The molecule has 0 aromatic carbocycles. The molecule has 8 nitrogen and oxygen atoms in total. The second-order valence-corrected chi connectivity index (χ2v) is 4.17. The molecule has 1 aliphatic rings. The highest BCUT2D eigenvalue weighted by molar-refractivity contribution is 5.14. The number of rotatable bonds is 2. The predicted molar refractivity (Wildman–Crippen MR) is 59.0 cm³/mol. The smallest absolute Gasteiger partial charge is 0.328 e. The highest BCUT2D eigenvalue weighted by atomic mass is 16.6. The van der Waals surface area contributed by atoms with Crippen LogP contribution in [0.15, 0.2) is 15.8 Å². The Hall–Kier alpha value is -1.48. The van der Waals surface area contributed by atoms with Crippen molar-refractivity contribution in [3.05, 3.63) is 32.6 Å². The SMILES string of the molecule is Cn1c(=O)[nH]cc([C@@H]2O[C@H](CO)C(O)[C@@H]2O)c1=O. The molecule has 0 spiro atoms. The van der Waals surface area contributed by atoms with E-state index in [4.69, 9.17) is 9.84 Å². The summed E-state index contributed by atoms with van der Waals surface area (Å²) in [5.41, 5.74) is -1.18. The van der Waals surface area contributed by atoms with Crippen LogP contribution in [0.25, 0.3) is 0 Å². The summed E-state index contributed by atoms with van der Waals surface area (Å²) in [6.07, 6.45) is -3.50. The minimum absolute atomic E-state index is 0.0274. The maximum atomic E-state index is 11.8. The number of aromatic nitrogens is 2. The van der Waals surface area contributed by atoms with Crippen LogP contribution < -0.4 is 11.2 Å². The van der Waals surface area contributed by atoms with Crippen LogP contribution in [0.5, 0.6) is 0 Å². The van der Waals surface area contributed by atoms with E-state index < -0.39 is 42.3 Å². The molecule has 1 fully saturated rings. The molecule has 4 N–H and O–H groups in total. The zero-order chi connectivity index (χ0) is 13.4.